The first-order valence-electron chi connectivity index (χ1n) is 7.63. The van der Waals surface area contributed by atoms with Crippen molar-refractivity contribution in [2.45, 2.75) is 65.2 Å². The summed E-state index contributed by atoms with van der Waals surface area (Å²) in [4.78, 5) is 14.9. The fourth-order valence-electron chi connectivity index (χ4n) is 3.01. The second kappa shape index (κ2) is 6.54. The second-order valence-electron chi connectivity index (χ2n) is 6.88. The number of carbonyl (C=O) groups is 1. The van der Waals surface area contributed by atoms with Gasteiger partial charge < -0.3 is 9.47 Å². The zero-order valence-corrected chi connectivity index (χ0v) is 14.2. The molecule has 118 valence electrons. The Morgan fingerprint density at radius 3 is 2.35 bits per heavy atom. The molecule has 0 bridgehead atoms. The molecule has 4 nitrogen and oxygen atoms in total. The quantitative estimate of drug-likeness (QED) is 0.720. The number of nitrogens with zero attached hydrogens (tertiary/aromatic N) is 1. The Balaban J connectivity index is 2.83. The van der Waals surface area contributed by atoms with E-state index >= 15 is 0 Å². The lowest BCUT2D eigenvalue weighted by Gasteiger charge is -2.34. The monoisotopic (exact) mass is 285 g/mol. The van der Waals surface area contributed by atoms with E-state index in [1.165, 1.54) is 0 Å². The van der Waals surface area contributed by atoms with Crippen LogP contribution in [-0.2, 0) is 14.3 Å². The van der Waals surface area contributed by atoms with Gasteiger partial charge in [-0.3, -0.25) is 9.69 Å². The minimum absolute atomic E-state index is 0.0802. The number of carbonyl (C=O) groups excluding carboxylic acids is 1. The minimum Gasteiger partial charge on any atom is -0.383 e. The standard InChI is InChI=1S/C16H31NO3/c1-8-12(2)17(9-10-19-7)11-13-14(18)16(5,6)20-15(13,3)4/h12-13H,8-11H2,1-7H3. The molecule has 0 N–H and O–H groups in total. The van der Waals surface area contributed by atoms with E-state index in [-0.39, 0.29) is 11.7 Å². The summed E-state index contributed by atoms with van der Waals surface area (Å²) in [5, 5.41) is 0. The first-order chi connectivity index (χ1) is 9.15. The van der Waals surface area contributed by atoms with Crippen LogP contribution in [0.2, 0.25) is 0 Å². The fourth-order valence-corrected chi connectivity index (χ4v) is 3.01. The molecular formula is C16H31NO3. The first kappa shape index (κ1) is 17.6. The Morgan fingerprint density at radius 1 is 1.35 bits per heavy atom. The molecule has 1 fully saturated rings. The summed E-state index contributed by atoms with van der Waals surface area (Å²) in [5.41, 5.74) is -1.07. The third kappa shape index (κ3) is 3.80. The zero-order valence-electron chi connectivity index (χ0n) is 14.2. The number of ketones is 1. The number of hydrogen-bond acceptors (Lipinski definition) is 4. The van der Waals surface area contributed by atoms with Gasteiger partial charge in [0.1, 0.15) is 5.60 Å². The predicted molar refractivity (Wildman–Crippen MR) is 80.9 cm³/mol. The molecule has 1 aliphatic rings. The highest BCUT2D eigenvalue weighted by Crippen LogP contribution is 2.39. The van der Waals surface area contributed by atoms with Crippen LogP contribution in [0.5, 0.6) is 0 Å². The topological polar surface area (TPSA) is 38.8 Å². The van der Waals surface area contributed by atoms with Crippen LogP contribution in [-0.4, -0.2) is 54.7 Å². The highest BCUT2D eigenvalue weighted by atomic mass is 16.5. The molecule has 0 amide bonds. The molecule has 1 heterocycles. The van der Waals surface area contributed by atoms with Crippen molar-refractivity contribution in [1.82, 2.24) is 4.90 Å². The maximum Gasteiger partial charge on any atom is 0.171 e. The summed E-state index contributed by atoms with van der Waals surface area (Å²) in [6, 6.07) is 0.442. The summed E-state index contributed by atoms with van der Waals surface area (Å²) in [6.45, 7) is 14.5. The number of methoxy groups -OCH3 is 1. The largest absolute Gasteiger partial charge is 0.383 e. The molecule has 0 saturated carbocycles. The Morgan fingerprint density at radius 2 is 1.95 bits per heavy atom. The lowest BCUT2D eigenvalue weighted by molar-refractivity contribution is -0.132. The molecule has 1 saturated heterocycles. The van der Waals surface area contributed by atoms with Gasteiger partial charge in [0.2, 0.25) is 0 Å². The molecular weight excluding hydrogens is 254 g/mol. The summed E-state index contributed by atoms with van der Waals surface area (Å²) in [6.07, 6.45) is 1.06. The van der Waals surface area contributed by atoms with E-state index in [0.717, 1.165) is 19.5 Å². The van der Waals surface area contributed by atoms with Gasteiger partial charge in [0.05, 0.1) is 18.1 Å². The highest BCUT2D eigenvalue weighted by molar-refractivity contribution is 5.91. The van der Waals surface area contributed by atoms with E-state index in [4.69, 9.17) is 9.47 Å². The van der Waals surface area contributed by atoms with Gasteiger partial charge in [0, 0.05) is 26.2 Å². The number of hydrogen-bond donors (Lipinski definition) is 0. The molecule has 4 heteroatoms. The summed E-state index contributed by atoms with van der Waals surface area (Å²) >= 11 is 0. The lowest BCUT2D eigenvalue weighted by atomic mass is 9.85. The lowest BCUT2D eigenvalue weighted by Crippen LogP contribution is -2.45. The third-order valence-corrected chi connectivity index (χ3v) is 4.48. The average Bonchev–Trinajstić information content (AvgIpc) is 2.50. The van der Waals surface area contributed by atoms with Gasteiger partial charge in [0.25, 0.3) is 0 Å². The third-order valence-electron chi connectivity index (χ3n) is 4.48. The normalized spacial score (nSPS) is 26.2. The summed E-state index contributed by atoms with van der Waals surface area (Å²) in [5.74, 6) is 0.136. The second-order valence-corrected chi connectivity index (χ2v) is 6.88. The highest BCUT2D eigenvalue weighted by Gasteiger charge is 2.53. The molecule has 20 heavy (non-hydrogen) atoms. The fraction of sp³-hybridized carbons (Fsp3) is 0.938. The van der Waals surface area contributed by atoms with Gasteiger partial charge in [0.15, 0.2) is 5.78 Å². The van der Waals surface area contributed by atoms with E-state index in [9.17, 15) is 4.79 Å². The zero-order chi connectivity index (χ0) is 15.6. The van der Waals surface area contributed by atoms with Crippen LogP contribution in [0.15, 0.2) is 0 Å². The van der Waals surface area contributed by atoms with E-state index in [1.807, 2.05) is 27.7 Å². The van der Waals surface area contributed by atoms with Gasteiger partial charge in [-0.15, -0.1) is 0 Å². The van der Waals surface area contributed by atoms with Gasteiger partial charge in [-0.25, -0.2) is 0 Å². The molecule has 1 aliphatic heterocycles. The first-order valence-corrected chi connectivity index (χ1v) is 7.63. The predicted octanol–water partition coefficient (Wildman–Crippen LogP) is 2.51. The van der Waals surface area contributed by atoms with Crippen molar-refractivity contribution in [3.05, 3.63) is 0 Å². The number of ether oxygens (including phenoxy) is 2. The minimum atomic E-state index is -0.670. The maximum atomic E-state index is 12.6. The molecule has 0 aromatic heterocycles. The molecule has 0 aromatic rings. The Bertz CT molecular complexity index is 339. The molecule has 2 atom stereocenters. The van der Waals surface area contributed by atoms with Crippen LogP contribution in [0.3, 0.4) is 0 Å². The maximum absolute atomic E-state index is 12.6. The molecule has 0 spiro atoms. The van der Waals surface area contributed by atoms with Crippen molar-refractivity contribution in [3.63, 3.8) is 0 Å². The summed E-state index contributed by atoms with van der Waals surface area (Å²) in [7, 11) is 1.71. The van der Waals surface area contributed by atoms with Crippen LogP contribution < -0.4 is 0 Å². The van der Waals surface area contributed by atoms with Crippen molar-refractivity contribution in [1.29, 1.82) is 0 Å². The van der Waals surface area contributed by atoms with Gasteiger partial charge in [-0.05, 0) is 41.0 Å². The van der Waals surface area contributed by atoms with Crippen LogP contribution >= 0.6 is 0 Å². The van der Waals surface area contributed by atoms with Gasteiger partial charge >= 0.3 is 0 Å². The van der Waals surface area contributed by atoms with Crippen molar-refractivity contribution in [2.24, 2.45) is 5.92 Å². The van der Waals surface area contributed by atoms with Crippen LogP contribution in [0.4, 0.5) is 0 Å². The van der Waals surface area contributed by atoms with Crippen LogP contribution in [0, 0.1) is 5.92 Å². The summed E-state index contributed by atoms with van der Waals surface area (Å²) < 4.78 is 11.2. The Labute approximate surface area is 123 Å². The van der Waals surface area contributed by atoms with Gasteiger partial charge in [-0.1, -0.05) is 6.92 Å². The molecule has 2 unspecified atom stereocenters. The number of rotatable bonds is 7. The van der Waals surface area contributed by atoms with E-state index < -0.39 is 11.2 Å². The molecule has 0 aromatic carbocycles. The van der Waals surface area contributed by atoms with Crippen molar-refractivity contribution < 1.29 is 14.3 Å². The van der Waals surface area contributed by atoms with Crippen LogP contribution in [0.25, 0.3) is 0 Å². The van der Waals surface area contributed by atoms with E-state index in [2.05, 4.69) is 18.7 Å². The smallest absolute Gasteiger partial charge is 0.171 e. The van der Waals surface area contributed by atoms with E-state index in [0.29, 0.717) is 12.6 Å². The Hall–Kier alpha value is -0.450. The molecule has 0 radical (unpaired) electrons. The number of Topliss-reactive ketones (excluding diaryl/α,β-unsaturated/α-hetero) is 1. The average molecular weight is 285 g/mol. The Kier molecular flexibility index (Phi) is 5.76. The molecule has 0 aliphatic carbocycles. The SMILES string of the molecule is CCC(C)N(CCOC)CC1C(=O)C(C)(C)OC1(C)C. The molecule has 1 rings (SSSR count). The van der Waals surface area contributed by atoms with Crippen molar-refractivity contribution in [3.8, 4) is 0 Å². The van der Waals surface area contributed by atoms with Gasteiger partial charge in [-0.2, -0.15) is 0 Å². The van der Waals surface area contributed by atoms with Crippen molar-refractivity contribution in [2.75, 3.05) is 26.8 Å². The van der Waals surface area contributed by atoms with Crippen molar-refractivity contribution >= 4 is 5.78 Å². The van der Waals surface area contributed by atoms with Crippen LogP contribution in [0.1, 0.15) is 48.0 Å². The van der Waals surface area contributed by atoms with E-state index in [1.54, 1.807) is 7.11 Å².